The monoisotopic (exact) mass is 441 g/mol. The van der Waals surface area contributed by atoms with E-state index in [-0.39, 0.29) is 28.3 Å². The summed E-state index contributed by atoms with van der Waals surface area (Å²) in [4.78, 5) is 34.9. The molecule has 0 unspecified atom stereocenters. The Morgan fingerprint density at radius 3 is 2.13 bits per heavy atom. The van der Waals surface area contributed by atoms with Crippen LogP contribution in [0.5, 0.6) is 5.88 Å². The van der Waals surface area contributed by atoms with E-state index in [1.807, 2.05) is 6.07 Å². The average molecular weight is 442 g/mol. The zero-order chi connectivity index (χ0) is 21.6. The number of hydrogen-bond donors (Lipinski definition) is 2. The van der Waals surface area contributed by atoms with Crippen LogP contribution in [0.15, 0.2) is 40.3 Å². The van der Waals surface area contributed by atoms with Gasteiger partial charge < -0.3 is 15.0 Å². The molecule has 7 heteroatoms. The van der Waals surface area contributed by atoms with Crippen molar-refractivity contribution in [3.8, 4) is 17.0 Å². The molecule has 2 N–H and O–H groups in total. The molecule has 31 heavy (non-hydrogen) atoms. The number of benzene rings is 1. The summed E-state index contributed by atoms with van der Waals surface area (Å²) in [6, 6.07) is 9.66. The lowest BCUT2D eigenvalue weighted by atomic mass is 9.88. The number of H-pyrrole nitrogens is 1. The topological polar surface area (TPSA) is 86.3 Å². The summed E-state index contributed by atoms with van der Waals surface area (Å²) in [5.41, 5.74) is 0.370. The minimum Gasteiger partial charge on any atom is -0.493 e. The van der Waals surface area contributed by atoms with E-state index in [9.17, 15) is 14.7 Å². The fraction of sp³-hybridized carbons (Fsp3) is 0.542. The van der Waals surface area contributed by atoms with Crippen LogP contribution in [0.1, 0.15) is 64.2 Å². The second-order valence-electron chi connectivity index (χ2n) is 8.61. The Kier molecular flexibility index (Phi) is 7.33. The number of aromatic amines is 1. The molecule has 0 atom stereocenters. The molecule has 0 spiro atoms. The van der Waals surface area contributed by atoms with Crippen LogP contribution in [0.3, 0.4) is 0 Å². The predicted molar refractivity (Wildman–Crippen MR) is 123 cm³/mol. The van der Waals surface area contributed by atoms with E-state index in [0.717, 1.165) is 25.7 Å². The van der Waals surface area contributed by atoms with E-state index in [2.05, 4.69) is 14.9 Å². The molecule has 2 saturated carbocycles. The summed E-state index contributed by atoms with van der Waals surface area (Å²) in [6.45, 7) is 0. The van der Waals surface area contributed by atoms with Crippen LogP contribution in [0.25, 0.3) is 11.1 Å². The van der Waals surface area contributed by atoms with Gasteiger partial charge in [-0.1, -0.05) is 80.6 Å². The standard InChI is InChI=1S/C24H31N3O3S/c28-20(27(18-12-6-2-7-13-18)19-14-8-3-9-15-19)16-31-24-25-22(29)21(23(30)26-24)17-10-4-1-5-11-17/h1,4-5,10-11,18-19H,2-3,6-9,12-16H2,(H2,25,26,29,30). The summed E-state index contributed by atoms with van der Waals surface area (Å²) in [5, 5.41) is 10.6. The van der Waals surface area contributed by atoms with E-state index in [1.54, 1.807) is 24.3 Å². The fourth-order valence-corrected chi connectivity index (χ4v) is 5.73. The maximum atomic E-state index is 13.3. The van der Waals surface area contributed by atoms with Crippen LogP contribution < -0.4 is 5.56 Å². The molecule has 1 amide bonds. The maximum absolute atomic E-state index is 13.3. The second kappa shape index (κ2) is 10.4. The number of aromatic hydroxyl groups is 1. The van der Waals surface area contributed by atoms with Gasteiger partial charge in [-0.15, -0.1) is 0 Å². The van der Waals surface area contributed by atoms with Gasteiger partial charge in [0.05, 0.1) is 5.75 Å². The highest BCUT2D eigenvalue weighted by Crippen LogP contribution is 2.31. The maximum Gasteiger partial charge on any atom is 0.263 e. The van der Waals surface area contributed by atoms with Gasteiger partial charge >= 0.3 is 0 Å². The number of carbonyl (C=O) groups excluding carboxylic acids is 1. The lowest BCUT2D eigenvalue weighted by Crippen LogP contribution is -2.49. The number of amides is 1. The van der Waals surface area contributed by atoms with Crippen LogP contribution in [0, 0.1) is 0 Å². The van der Waals surface area contributed by atoms with Crippen LogP contribution >= 0.6 is 11.8 Å². The number of carbonyl (C=O) groups is 1. The van der Waals surface area contributed by atoms with Crippen molar-refractivity contribution in [3.63, 3.8) is 0 Å². The van der Waals surface area contributed by atoms with Gasteiger partial charge in [0.25, 0.3) is 5.56 Å². The zero-order valence-corrected chi connectivity index (χ0v) is 18.7. The Bertz CT molecular complexity index is 917. The summed E-state index contributed by atoms with van der Waals surface area (Å²) in [5.74, 6) is 0.0412. The van der Waals surface area contributed by atoms with Crippen LogP contribution in [0.4, 0.5) is 0 Å². The Labute approximate surface area is 187 Å². The van der Waals surface area contributed by atoms with E-state index in [4.69, 9.17) is 0 Å². The van der Waals surface area contributed by atoms with Crippen molar-refractivity contribution < 1.29 is 9.90 Å². The summed E-state index contributed by atoms with van der Waals surface area (Å²) >= 11 is 1.20. The van der Waals surface area contributed by atoms with Crippen molar-refractivity contribution in [2.45, 2.75) is 81.4 Å². The number of rotatable bonds is 6. The van der Waals surface area contributed by atoms with Crippen molar-refractivity contribution in [1.29, 1.82) is 0 Å². The summed E-state index contributed by atoms with van der Waals surface area (Å²) in [7, 11) is 0. The molecule has 166 valence electrons. The molecular weight excluding hydrogens is 410 g/mol. The molecule has 2 fully saturated rings. The first-order chi connectivity index (χ1) is 15.1. The van der Waals surface area contributed by atoms with Gasteiger partial charge in [-0.25, -0.2) is 0 Å². The highest BCUT2D eigenvalue weighted by atomic mass is 32.2. The predicted octanol–water partition coefficient (Wildman–Crippen LogP) is 4.73. The van der Waals surface area contributed by atoms with Gasteiger partial charge in [-0.3, -0.25) is 9.59 Å². The summed E-state index contributed by atoms with van der Waals surface area (Å²) in [6.07, 6.45) is 11.7. The molecule has 0 bridgehead atoms. The molecule has 2 aliphatic carbocycles. The normalized spacial score (nSPS) is 18.1. The Morgan fingerprint density at radius 1 is 1.00 bits per heavy atom. The van der Waals surface area contributed by atoms with Crippen molar-refractivity contribution >= 4 is 17.7 Å². The quantitative estimate of drug-likeness (QED) is 0.500. The first kappa shape index (κ1) is 21.9. The molecule has 0 radical (unpaired) electrons. The van der Waals surface area contributed by atoms with E-state index in [0.29, 0.717) is 17.6 Å². The lowest BCUT2D eigenvalue weighted by Gasteiger charge is -2.41. The third-order valence-electron chi connectivity index (χ3n) is 6.50. The van der Waals surface area contributed by atoms with Gasteiger partial charge in [-0.05, 0) is 31.2 Å². The average Bonchev–Trinajstić information content (AvgIpc) is 2.80. The Hall–Kier alpha value is -2.28. The van der Waals surface area contributed by atoms with E-state index in [1.165, 1.54) is 50.3 Å². The SMILES string of the molecule is O=C(CSc1nc(O)c(-c2ccccc2)c(=O)[nH]1)N(C1CCCCC1)C1CCCCC1. The van der Waals surface area contributed by atoms with Gasteiger partial charge in [0.2, 0.25) is 11.8 Å². The minimum absolute atomic E-state index is 0.123. The van der Waals surface area contributed by atoms with E-state index < -0.39 is 5.56 Å². The third-order valence-corrected chi connectivity index (χ3v) is 7.36. The van der Waals surface area contributed by atoms with Crippen LogP contribution in [0.2, 0.25) is 0 Å². The lowest BCUT2D eigenvalue weighted by molar-refractivity contribution is -0.135. The van der Waals surface area contributed by atoms with Crippen molar-refractivity contribution in [1.82, 2.24) is 14.9 Å². The first-order valence-electron chi connectivity index (χ1n) is 11.5. The highest BCUT2D eigenvalue weighted by Gasteiger charge is 2.32. The number of nitrogens with one attached hydrogen (secondary N) is 1. The molecule has 1 aromatic carbocycles. The number of nitrogens with zero attached hydrogens (tertiary/aromatic N) is 2. The van der Waals surface area contributed by atoms with Gasteiger partial charge in [0.15, 0.2) is 5.16 Å². The molecule has 0 saturated heterocycles. The molecule has 2 aliphatic rings. The van der Waals surface area contributed by atoms with Crippen molar-refractivity contribution in [3.05, 3.63) is 40.7 Å². The third kappa shape index (κ3) is 5.32. The summed E-state index contributed by atoms with van der Waals surface area (Å²) < 4.78 is 0. The molecule has 4 rings (SSSR count). The Balaban J connectivity index is 1.47. The van der Waals surface area contributed by atoms with Crippen molar-refractivity contribution in [2.24, 2.45) is 0 Å². The second-order valence-corrected chi connectivity index (χ2v) is 9.57. The Morgan fingerprint density at radius 2 is 1.58 bits per heavy atom. The van der Waals surface area contributed by atoms with Gasteiger partial charge in [0.1, 0.15) is 5.56 Å². The fourth-order valence-electron chi connectivity index (χ4n) is 5.00. The number of aromatic nitrogens is 2. The largest absolute Gasteiger partial charge is 0.493 e. The van der Waals surface area contributed by atoms with Crippen LogP contribution in [-0.4, -0.2) is 43.7 Å². The smallest absolute Gasteiger partial charge is 0.263 e. The van der Waals surface area contributed by atoms with Crippen molar-refractivity contribution in [2.75, 3.05) is 5.75 Å². The number of hydrogen-bond acceptors (Lipinski definition) is 5. The number of thioether (sulfide) groups is 1. The molecule has 1 heterocycles. The first-order valence-corrected chi connectivity index (χ1v) is 12.4. The molecule has 6 nitrogen and oxygen atoms in total. The van der Waals surface area contributed by atoms with Crippen LogP contribution in [-0.2, 0) is 4.79 Å². The zero-order valence-electron chi connectivity index (χ0n) is 17.9. The molecule has 0 aliphatic heterocycles. The molecule has 2 aromatic rings. The highest BCUT2D eigenvalue weighted by molar-refractivity contribution is 7.99. The van der Waals surface area contributed by atoms with Gasteiger partial charge in [0, 0.05) is 12.1 Å². The molecular formula is C24H31N3O3S. The minimum atomic E-state index is -0.398. The van der Waals surface area contributed by atoms with E-state index >= 15 is 0 Å². The molecule has 1 aromatic heterocycles. The van der Waals surface area contributed by atoms with Gasteiger partial charge in [-0.2, -0.15) is 4.98 Å².